The smallest absolute Gasteiger partial charge is 0.399 e. The first kappa shape index (κ1) is 10.2. The van der Waals surface area contributed by atoms with Gasteiger partial charge in [0.1, 0.15) is 0 Å². The van der Waals surface area contributed by atoms with Gasteiger partial charge in [-0.3, -0.25) is 10.8 Å². The van der Waals surface area contributed by atoms with Crippen molar-refractivity contribution in [3.8, 4) is 0 Å². The molecule has 1 fully saturated rings. The van der Waals surface area contributed by atoms with Crippen LogP contribution in [0.3, 0.4) is 0 Å². The van der Waals surface area contributed by atoms with Gasteiger partial charge in [0.05, 0.1) is 0 Å². The Morgan fingerprint density at radius 3 is 1.71 bits per heavy atom. The van der Waals surface area contributed by atoms with Crippen LogP contribution in [0.25, 0.3) is 0 Å². The summed E-state index contributed by atoms with van der Waals surface area (Å²) in [7, 11) is 0. The molecule has 2 N–H and O–H groups in total. The van der Waals surface area contributed by atoms with Crippen molar-refractivity contribution >= 4 is 0 Å². The van der Waals surface area contributed by atoms with Crippen molar-refractivity contribution < 1.29 is 8.83 Å². The van der Waals surface area contributed by atoms with Crippen LogP contribution < -0.4 is 22.4 Å². The molecule has 1 saturated carbocycles. The predicted molar refractivity (Wildman–Crippen MR) is 54.6 cm³/mol. The summed E-state index contributed by atoms with van der Waals surface area (Å²) in [6.07, 6.45) is 2.72. The Balaban J connectivity index is 2.54. The number of rotatable bonds is 0. The van der Waals surface area contributed by atoms with Gasteiger partial charge in [0.2, 0.25) is 11.1 Å². The molecule has 2 bridgehead atoms. The third kappa shape index (κ3) is 1.33. The Hall–Kier alpha value is -1.98. The molecule has 17 heavy (non-hydrogen) atoms. The van der Waals surface area contributed by atoms with Crippen LogP contribution in [0.5, 0.6) is 0 Å². The molecule has 0 radical (unpaired) electrons. The van der Waals surface area contributed by atoms with E-state index in [-0.39, 0.29) is 22.9 Å². The molecule has 88 valence electrons. The first-order chi connectivity index (χ1) is 8.08. The molecule has 6 heteroatoms. The molecule has 3 rings (SSSR count). The summed E-state index contributed by atoms with van der Waals surface area (Å²) < 4.78 is 9.27. The third-order valence-corrected chi connectivity index (χ3v) is 3.58. The average molecular weight is 234 g/mol. The van der Waals surface area contributed by atoms with E-state index >= 15 is 0 Å². The number of hydrogen-bond acceptors (Lipinski definition) is 6. The van der Waals surface area contributed by atoms with E-state index in [9.17, 15) is 9.59 Å². The van der Waals surface area contributed by atoms with Crippen molar-refractivity contribution in [2.75, 3.05) is 0 Å². The molecule has 0 spiro atoms. The zero-order chi connectivity index (χ0) is 12.2. The van der Waals surface area contributed by atoms with E-state index in [2.05, 4.69) is 8.83 Å². The van der Waals surface area contributed by atoms with E-state index in [0.717, 1.165) is 19.3 Å². The van der Waals surface area contributed by atoms with Gasteiger partial charge in [0, 0.05) is 11.1 Å². The Bertz CT molecular complexity index is 669. The monoisotopic (exact) mass is 234 g/mol. The van der Waals surface area contributed by atoms with Crippen LogP contribution in [0.2, 0.25) is 0 Å². The predicted octanol–water partition coefficient (Wildman–Crippen LogP) is -0.0834. The molecule has 0 aromatic carbocycles. The van der Waals surface area contributed by atoms with E-state index in [4.69, 9.17) is 10.8 Å². The lowest BCUT2D eigenvalue weighted by molar-refractivity contribution is 0.368. The summed E-state index contributed by atoms with van der Waals surface area (Å²) in [5.74, 6) is 0.319. The molecule has 1 heterocycles. The van der Waals surface area contributed by atoms with Gasteiger partial charge in [-0.25, -0.2) is 9.59 Å². The average Bonchev–Trinajstić information content (AvgIpc) is 2.86. The van der Waals surface area contributed by atoms with Crippen molar-refractivity contribution in [2.24, 2.45) is 0 Å². The van der Waals surface area contributed by atoms with Crippen molar-refractivity contribution in [2.45, 2.75) is 31.1 Å². The number of hydrogen-bond donors (Lipinski definition) is 2. The quantitative estimate of drug-likeness (QED) is 0.612. The minimum Gasteiger partial charge on any atom is -0.399 e. The summed E-state index contributed by atoms with van der Waals surface area (Å²) in [6.45, 7) is 0. The molecule has 0 saturated heterocycles. The normalized spacial score (nSPS) is 24.7. The minimum absolute atomic E-state index is 0.160. The minimum atomic E-state index is -1.23. The van der Waals surface area contributed by atoms with Crippen LogP contribution >= 0.6 is 0 Å². The molecule has 2 aliphatic carbocycles. The van der Waals surface area contributed by atoms with E-state index in [0.29, 0.717) is 11.1 Å². The van der Waals surface area contributed by atoms with Crippen molar-refractivity contribution in [1.29, 1.82) is 10.8 Å². The molecular formula is C11H10N2O4. The number of fused-ring (bicyclic) bond motifs is 5. The maximum absolute atomic E-state index is 11.2. The molecule has 1 aromatic rings. The maximum atomic E-state index is 11.2. The fourth-order valence-electron chi connectivity index (χ4n) is 2.94. The highest BCUT2D eigenvalue weighted by molar-refractivity contribution is 5.35. The first-order valence-electron chi connectivity index (χ1n) is 5.44. The summed E-state index contributed by atoms with van der Waals surface area (Å²) >= 11 is 0. The summed E-state index contributed by atoms with van der Waals surface area (Å²) in [5, 5.41) is 15.4. The molecule has 2 aliphatic rings. The maximum Gasteiger partial charge on any atom is 0.424 e. The highest BCUT2D eigenvalue weighted by Gasteiger charge is 2.39. The van der Waals surface area contributed by atoms with Crippen molar-refractivity contribution in [1.82, 2.24) is 0 Å². The van der Waals surface area contributed by atoms with Crippen LogP contribution in [-0.2, 0) is 0 Å². The fraction of sp³-hybridized carbons (Fsp3) is 0.455. The fourth-order valence-corrected chi connectivity index (χ4v) is 2.94. The molecule has 0 aliphatic heterocycles. The van der Waals surface area contributed by atoms with Gasteiger partial charge < -0.3 is 8.83 Å². The molecular weight excluding hydrogens is 224 g/mol. The molecule has 6 nitrogen and oxygen atoms in total. The van der Waals surface area contributed by atoms with E-state index < -0.39 is 11.3 Å². The third-order valence-electron chi connectivity index (χ3n) is 3.58. The van der Waals surface area contributed by atoms with E-state index in [1.165, 1.54) is 0 Å². The van der Waals surface area contributed by atoms with Gasteiger partial charge in [-0.15, -0.1) is 0 Å². The Morgan fingerprint density at radius 2 is 1.29 bits per heavy atom. The second-order valence-electron chi connectivity index (χ2n) is 4.47. The van der Waals surface area contributed by atoms with Crippen LogP contribution in [0.15, 0.2) is 18.4 Å². The molecule has 0 amide bonds. The van der Waals surface area contributed by atoms with Crippen LogP contribution in [0.4, 0.5) is 0 Å². The molecule has 2 unspecified atom stereocenters. The SMILES string of the molecule is N=c1oc(=O)c(=O)oc(=N)c2c1C1CCC2C1. The van der Waals surface area contributed by atoms with Gasteiger partial charge >= 0.3 is 11.3 Å². The lowest BCUT2D eigenvalue weighted by atomic mass is 9.95. The zero-order valence-electron chi connectivity index (χ0n) is 8.91. The van der Waals surface area contributed by atoms with Gasteiger partial charge in [0.25, 0.3) is 0 Å². The van der Waals surface area contributed by atoms with E-state index in [1.807, 2.05) is 0 Å². The first-order valence-corrected chi connectivity index (χ1v) is 5.44. The lowest BCUT2D eigenvalue weighted by Gasteiger charge is -2.10. The van der Waals surface area contributed by atoms with Crippen LogP contribution in [-0.4, -0.2) is 0 Å². The van der Waals surface area contributed by atoms with Crippen molar-refractivity contribution in [3.63, 3.8) is 0 Å². The topological polar surface area (TPSA) is 108 Å². The molecule has 2 atom stereocenters. The van der Waals surface area contributed by atoms with Gasteiger partial charge in [-0.05, 0) is 31.1 Å². The largest absolute Gasteiger partial charge is 0.424 e. The van der Waals surface area contributed by atoms with Crippen LogP contribution in [0.1, 0.15) is 42.2 Å². The van der Waals surface area contributed by atoms with Gasteiger partial charge in [-0.2, -0.15) is 0 Å². The highest BCUT2D eigenvalue weighted by Crippen LogP contribution is 2.49. The second-order valence-corrected chi connectivity index (χ2v) is 4.47. The molecule has 1 aromatic heterocycles. The lowest BCUT2D eigenvalue weighted by Crippen LogP contribution is -2.30. The standard InChI is InChI=1S/C11H10N2O4/c12-8-6-4-1-2-5(3-4)7(6)9(13)17-11(15)10(14)16-8/h4-5,12-13H,1-3H2. The second kappa shape index (κ2) is 3.26. The highest BCUT2D eigenvalue weighted by atomic mass is 16.4. The zero-order valence-corrected chi connectivity index (χ0v) is 8.91. The number of nitrogens with one attached hydrogen (secondary N) is 2. The summed E-state index contributed by atoms with van der Waals surface area (Å²) in [5.41, 5.74) is -1.89. The Kier molecular flexibility index (Phi) is 1.95. The van der Waals surface area contributed by atoms with Gasteiger partial charge in [-0.1, -0.05) is 0 Å². The van der Waals surface area contributed by atoms with Crippen LogP contribution in [0, 0.1) is 10.8 Å². The van der Waals surface area contributed by atoms with Crippen molar-refractivity contribution in [3.05, 3.63) is 43.1 Å². The Morgan fingerprint density at radius 1 is 0.882 bits per heavy atom. The Labute approximate surface area is 94.6 Å². The summed E-state index contributed by atoms with van der Waals surface area (Å²) in [4.78, 5) is 22.3. The van der Waals surface area contributed by atoms with E-state index in [1.54, 1.807) is 0 Å². The van der Waals surface area contributed by atoms with Gasteiger partial charge in [0.15, 0.2) is 0 Å². The summed E-state index contributed by atoms with van der Waals surface area (Å²) in [6, 6.07) is 0.